The van der Waals surface area contributed by atoms with Crippen molar-refractivity contribution in [3.63, 3.8) is 0 Å². The standard InChI is InChI=1S/C15H17N3O2S/c1-12-5-7-15(8-6-12)21(19,20)18-17-10-13(2)14-4-3-9-16-11-14/h3-11,13,18H,1-2H3. The fraction of sp³-hybridized carbons (Fsp3) is 0.200. The van der Waals surface area contributed by atoms with Crippen LogP contribution < -0.4 is 4.83 Å². The number of aryl methyl sites for hydroxylation is 1. The summed E-state index contributed by atoms with van der Waals surface area (Å²) < 4.78 is 24.0. The van der Waals surface area contributed by atoms with E-state index in [4.69, 9.17) is 0 Å². The molecule has 0 spiro atoms. The number of aromatic nitrogens is 1. The summed E-state index contributed by atoms with van der Waals surface area (Å²) in [5.41, 5.74) is 1.97. The Morgan fingerprint density at radius 2 is 1.95 bits per heavy atom. The molecule has 0 aliphatic carbocycles. The van der Waals surface area contributed by atoms with Gasteiger partial charge in [-0.25, -0.2) is 4.83 Å². The van der Waals surface area contributed by atoms with Crippen LogP contribution in [0, 0.1) is 6.92 Å². The fourth-order valence-electron chi connectivity index (χ4n) is 1.71. The van der Waals surface area contributed by atoms with Crippen LogP contribution in [0.3, 0.4) is 0 Å². The number of sulfonamides is 1. The molecule has 0 amide bonds. The van der Waals surface area contributed by atoms with Gasteiger partial charge in [-0.2, -0.15) is 13.5 Å². The number of rotatable bonds is 5. The minimum absolute atomic E-state index is 0.0283. The third-order valence-electron chi connectivity index (χ3n) is 3.01. The fourth-order valence-corrected chi connectivity index (χ4v) is 2.51. The number of hydrogen-bond acceptors (Lipinski definition) is 4. The number of benzene rings is 1. The average Bonchev–Trinajstić information content (AvgIpc) is 2.48. The molecule has 1 aromatic carbocycles. The van der Waals surface area contributed by atoms with Crippen LogP contribution in [0.5, 0.6) is 0 Å². The Labute approximate surface area is 124 Å². The van der Waals surface area contributed by atoms with Gasteiger partial charge in [0.1, 0.15) is 0 Å². The molecule has 0 bridgehead atoms. The van der Waals surface area contributed by atoms with Gasteiger partial charge >= 0.3 is 0 Å². The Morgan fingerprint density at radius 3 is 2.57 bits per heavy atom. The smallest absolute Gasteiger partial charge is 0.264 e. The molecule has 21 heavy (non-hydrogen) atoms. The molecule has 1 N–H and O–H groups in total. The quantitative estimate of drug-likeness (QED) is 0.681. The van der Waals surface area contributed by atoms with Crippen LogP contribution in [0.4, 0.5) is 0 Å². The number of hydrogen-bond donors (Lipinski definition) is 1. The first-order chi connectivity index (χ1) is 9.99. The van der Waals surface area contributed by atoms with Gasteiger partial charge in [-0.15, -0.1) is 0 Å². The van der Waals surface area contributed by atoms with E-state index in [2.05, 4.69) is 14.9 Å². The van der Waals surface area contributed by atoms with Gasteiger partial charge in [0.05, 0.1) is 4.90 Å². The third-order valence-corrected chi connectivity index (χ3v) is 4.25. The molecule has 1 unspecified atom stereocenters. The van der Waals surface area contributed by atoms with Crippen LogP contribution in [0.2, 0.25) is 0 Å². The zero-order valence-electron chi connectivity index (χ0n) is 11.9. The molecule has 1 aromatic heterocycles. The van der Waals surface area contributed by atoms with E-state index in [0.717, 1.165) is 11.1 Å². The third kappa shape index (κ3) is 4.13. The number of pyridine rings is 1. The molecule has 110 valence electrons. The van der Waals surface area contributed by atoms with Crippen molar-refractivity contribution in [3.8, 4) is 0 Å². The Hall–Kier alpha value is -2.21. The molecule has 0 saturated heterocycles. The van der Waals surface area contributed by atoms with Gasteiger partial charge < -0.3 is 0 Å². The maximum atomic E-state index is 12.0. The first-order valence-electron chi connectivity index (χ1n) is 6.50. The average molecular weight is 303 g/mol. The topological polar surface area (TPSA) is 71.4 Å². The van der Waals surface area contributed by atoms with Gasteiger partial charge in [-0.3, -0.25) is 4.98 Å². The highest BCUT2D eigenvalue weighted by Crippen LogP contribution is 2.12. The lowest BCUT2D eigenvalue weighted by molar-refractivity contribution is 0.584. The van der Waals surface area contributed by atoms with E-state index >= 15 is 0 Å². The van der Waals surface area contributed by atoms with Crippen molar-refractivity contribution in [2.75, 3.05) is 0 Å². The lowest BCUT2D eigenvalue weighted by Crippen LogP contribution is -2.18. The van der Waals surface area contributed by atoms with Crippen LogP contribution in [0.25, 0.3) is 0 Å². The van der Waals surface area contributed by atoms with E-state index in [9.17, 15) is 8.42 Å². The highest BCUT2D eigenvalue weighted by molar-refractivity contribution is 7.89. The molecule has 0 aliphatic heterocycles. The van der Waals surface area contributed by atoms with Gasteiger partial charge in [0.15, 0.2) is 0 Å². The molecule has 0 aliphatic rings. The highest BCUT2D eigenvalue weighted by Gasteiger charge is 2.12. The van der Waals surface area contributed by atoms with E-state index in [-0.39, 0.29) is 10.8 Å². The number of hydrazone groups is 1. The summed E-state index contributed by atoms with van der Waals surface area (Å²) >= 11 is 0. The minimum Gasteiger partial charge on any atom is -0.264 e. The Balaban J connectivity index is 2.05. The predicted octanol–water partition coefficient (Wildman–Crippen LogP) is 2.46. The van der Waals surface area contributed by atoms with Crippen LogP contribution in [0.15, 0.2) is 58.8 Å². The Bertz CT molecular complexity index is 710. The van der Waals surface area contributed by atoms with Crippen molar-refractivity contribution in [3.05, 3.63) is 59.9 Å². The van der Waals surface area contributed by atoms with E-state index in [0.29, 0.717) is 0 Å². The number of nitrogens with one attached hydrogen (secondary N) is 1. The highest BCUT2D eigenvalue weighted by atomic mass is 32.2. The Kier molecular flexibility index (Phi) is 4.70. The van der Waals surface area contributed by atoms with Crippen molar-refractivity contribution in [2.45, 2.75) is 24.7 Å². The summed E-state index contributed by atoms with van der Waals surface area (Å²) in [6.07, 6.45) is 4.96. The van der Waals surface area contributed by atoms with Gasteiger partial charge in [0.2, 0.25) is 0 Å². The molecule has 5 nitrogen and oxygen atoms in total. The second-order valence-electron chi connectivity index (χ2n) is 4.76. The monoisotopic (exact) mass is 303 g/mol. The Morgan fingerprint density at radius 1 is 1.24 bits per heavy atom. The normalized spacial score (nSPS) is 13.2. The summed E-state index contributed by atoms with van der Waals surface area (Å²) in [6.45, 7) is 3.82. The van der Waals surface area contributed by atoms with Gasteiger partial charge in [0.25, 0.3) is 10.0 Å². The first kappa shape index (κ1) is 15.2. The van der Waals surface area contributed by atoms with Gasteiger partial charge in [-0.1, -0.05) is 30.7 Å². The maximum absolute atomic E-state index is 12.0. The zero-order valence-corrected chi connectivity index (χ0v) is 12.7. The maximum Gasteiger partial charge on any atom is 0.276 e. The van der Waals surface area contributed by atoms with E-state index < -0.39 is 10.0 Å². The van der Waals surface area contributed by atoms with Crippen LogP contribution in [-0.2, 0) is 10.0 Å². The second kappa shape index (κ2) is 6.49. The summed E-state index contributed by atoms with van der Waals surface area (Å²) in [5.74, 6) is -0.0283. The van der Waals surface area contributed by atoms with Crippen molar-refractivity contribution < 1.29 is 8.42 Å². The first-order valence-corrected chi connectivity index (χ1v) is 7.99. The van der Waals surface area contributed by atoms with Crippen molar-refractivity contribution in [2.24, 2.45) is 5.10 Å². The lowest BCUT2D eigenvalue weighted by Gasteiger charge is -2.06. The van der Waals surface area contributed by atoms with Crippen LogP contribution >= 0.6 is 0 Å². The van der Waals surface area contributed by atoms with Crippen LogP contribution in [-0.4, -0.2) is 19.6 Å². The second-order valence-corrected chi connectivity index (χ2v) is 6.42. The van der Waals surface area contributed by atoms with E-state index in [1.165, 1.54) is 0 Å². The predicted molar refractivity (Wildman–Crippen MR) is 82.6 cm³/mol. The molecule has 6 heteroatoms. The summed E-state index contributed by atoms with van der Waals surface area (Å²) in [6, 6.07) is 10.3. The SMILES string of the molecule is Cc1ccc(S(=O)(=O)NN=CC(C)c2cccnc2)cc1. The molecular weight excluding hydrogens is 286 g/mol. The molecule has 0 saturated carbocycles. The number of nitrogens with zero attached hydrogens (tertiary/aromatic N) is 2. The summed E-state index contributed by atoms with van der Waals surface area (Å²) in [4.78, 5) is 6.43. The van der Waals surface area contributed by atoms with E-state index in [1.54, 1.807) is 42.9 Å². The zero-order chi connectivity index (χ0) is 15.3. The van der Waals surface area contributed by atoms with Gasteiger partial charge in [-0.05, 0) is 30.7 Å². The van der Waals surface area contributed by atoms with Crippen molar-refractivity contribution in [1.82, 2.24) is 9.82 Å². The lowest BCUT2D eigenvalue weighted by atomic mass is 10.1. The molecule has 0 radical (unpaired) electrons. The molecular formula is C15H17N3O2S. The minimum atomic E-state index is -3.62. The molecule has 0 fully saturated rings. The molecule has 1 heterocycles. The van der Waals surface area contributed by atoms with E-state index in [1.807, 2.05) is 26.0 Å². The van der Waals surface area contributed by atoms with Crippen molar-refractivity contribution in [1.29, 1.82) is 0 Å². The summed E-state index contributed by atoms with van der Waals surface area (Å²) in [5, 5.41) is 3.83. The van der Waals surface area contributed by atoms with Crippen LogP contribution in [0.1, 0.15) is 24.0 Å². The largest absolute Gasteiger partial charge is 0.276 e. The van der Waals surface area contributed by atoms with Gasteiger partial charge in [0, 0.05) is 24.5 Å². The summed E-state index contributed by atoms with van der Waals surface area (Å²) in [7, 11) is -3.62. The van der Waals surface area contributed by atoms with Crippen molar-refractivity contribution >= 4 is 16.2 Å². The molecule has 2 rings (SSSR count). The molecule has 2 aromatic rings. The molecule has 1 atom stereocenters.